The average Bonchev–Trinajstić information content (AvgIpc) is 2.77. The molecule has 0 aliphatic carbocycles. The van der Waals surface area contributed by atoms with E-state index in [-0.39, 0.29) is 5.92 Å². The topological polar surface area (TPSA) is 32.3 Å². The molecule has 0 spiro atoms. The maximum atomic E-state index is 10.2. The number of hydrogen-bond donors (Lipinski definition) is 2. The molecule has 2 nitrogen and oxygen atoms in total. The van der Waals surface area contributed by atoms with Crippen molar-refractivity contribution in [3.05, 3.63) is 22.4 Å². The van der Waals surface area contributed by atoms with Gasteiger partial charge in [-0.05, 0) is 30.7 Å². The third-order valence-electron chi connectivity index (χ3n) is 3.41. The molecule has 17 heavy (non-hydrogen) atoms. The van der Waals surface area contributed by atoms with Gasteiger partial charge in [-0.1, -0.05) is 33.3 Å². The van der Waals surface area contributed by atoms with E-state index in [1.54, 1.807) is 11.3 Å². The van der Waals surface area contributed by atoms with E-state index in [0.29, 0.717) is 12.6 Å². The fourth-order valence-electron chi connectivity index (χ4n) is 1.66. The van der Waals surface area contributed by atoms with Crippen LogP contribution < -0.4 is 5.32 Å². The lowest BCUT2D eigenvalue weighted by Crippen LogP contribution is -2.43. The highest BCUT2D eigenvalue weighted by atomic mass is 32.1. The van der Waals surface area contributed by atoms with Gasteiger partial charge >= 0.3 is 0 Å². The summed E-state index contributed by atoms with van der Waals surface area (Å²) in [5, 5.41) is 15.9. The molecule has 0 amide bonds. The maximum Gasteiger partial charge on any atom is 0.0766 e. The van der Waals surface area contributed by atoms with E-state index in [1.807, 2.05) is 6.92 Å². The van der Waals surface area contributed by atoms with E-state index in [1.165, 1.54) is 4.88 Å². The van der Waals surface area contributed by atoms with Crippen molar-refractivity contribution in [2.75, 3.05) is 6.54 Å². The van der Waals surface area contributed by atoms with Gasteiger partial charge in [-0.25, -0.2) is 0 Å². The summed E-state index contributed by atoms with van der Waals surface area (Å²) in [6, 6.07) is 4.64. The molecule has 3 heteroatoms. The Labute approximate surface area is 109 Å². The summed E-state index contributed by atoms with van der Waals surface area (Å²) >= 11 is 1.79. The van der Waals surface area contributed by atoms with Gasteiger partial charge in [0, 0.05) is 17.5 Å². The molecule has 0 saturated carbocycles. The van der Waals surface area contributed by atoms with Crippen molar-refractivity contribution < 1.29 is 5.11 Å². The minimum absolute atomic E-state index is 0.264. The smallest absolute Gasteiger partial charge is 0.0766 e. The van der Waals surface area contributed by atoms with Crippen molar-refractivity contribution in [2.24, 2.45) is 5.92 Å². The van der Waals surface area contributed by atoms with Gasteiger partial charge in [0.05, 0.1) is 5.60 Å². The monoisotopic (exact) mass is 255 g/mol. The first-order valence-electron chi connectivity index (χ1n) is 6.46. The summed E-state index contributed by atoms with van der Waals surface area (Å²) in [4.78, 5) is 1.37. The fourth-order valence-corrected chi connectivity index (χ4v) is 2.49. The quantitative estimate of drug-likeness (QED) is 0.780. The second-order valence-corrected chi connectivity index (χ2v) is 6.23. The largest absolute Gasteiger partial charge is 0.389 e. The minimum Gasteiger partial charge on any atom is -0.389 e. The summed E-state index contributed by atoms with van der Waals surface area (Å²) in [6.07, 6.45) is 2.27. The van der Waals surface area contributed by atoms with Crippen molar-refractivity contribution in [2.45, 2.75) is 52.2 Å². The molecule has 0 fully saturated rings. The van der Waals surface area contributed by atoms with Crippen LogP contribution in [-0.2, 0) is 0 Å². The van der Waals surface area contributed by atoms with Crippen LogP contribution in [0.4, 0.5) is 0 Å². The molecule has 2 N–H and O–H groups in total. The molecule has 0 radical (unpaired) electrons. The number of aliphatic hydroxyl groups is 1. The van der Waals surface area contributed by atoms with Crippen molar-refractivity contribution in [1.29, 1.82) is 0 Å². The van der Waals surface area contributed by atoms with E-state index in [4.69, 9.17) is 0 Å². The Kier molecular flexibility index (Phi) is 5.63. The zero-order valence-electron chi connectivity index (χ0n) is 11.4. The van der Waals surface area contributed by atoms with Gasteiger partial charge in [0.15, 0.2) is 0 Å². The van der Waals surface area contributed by atoms with Crippen LogP contribution in [-0.4, -0.2) is 17.3 Å². The van der Waals surface area contributed by atoms with Crippen LogP contribution in [0.1, 0.15) is 51.5 Å². The summed E-state index contributed by atoms with van der Waals surface area (Å²) in [5.41, 5.74) is -0.636. The zero-order valence-corrected chi connectivity index (χ0v) is 12.2. The van der Waals surface area contributed by atoms with Crippen LogP contribution >= 0.6 is 11.3 Å². The summed E-state index contributed by atoms with van der Waals surface area (Å²) in [6.45, 7) is 8.86. The molecule has 0 aromatic carbocycles. The van der Waals surface area contributed by atoms with Crippen LogP contribution in [0.2, 0.25) is 0 Å². The van der Waals surface area contributed by atoms with E-state index < -0.39 is 5.60 Å². The van der Waals surface area contributed by atoms with Gasteiger partial charge in [0.1, 0.15) is 0 Å². The van der Waals surface area contributed by atoms with Crippen LogP contribution in [0.15, 0.2) is 17.5 Å². The van der Waals surface area contributed by atoms with E-state index >= 15 is 0 Å². The number of rotatable bonds is 7. The molecule has 0 saturated heterocycles. The molecular formula is C14H25NOS. The Morgan fingerprint density at radius 2 is 2.18 bits per heavy atom. The van der Waals surface area contributed by atoms with Gasteiger partial charge in [-0.2, -0.15) is 0 Å². The second kappa shape index (κ2) is 6.53. The molecule has 1 aromatic rings. The molecule has 98 valence electrons. The van der Waals surface area contributed by atoms with Gasteiger partial charge in [0.2, 0.25) is 0 Å². The Morgan fingerprint density at radius 3 is 2.65 bits per heavy atom. The minimum atomic E-state index is -0.636. The highest BCUT2D eigenvalue weighted by molar-refractivity contribution is 7.10. The zero-order chi connectivity index (χ0) is 12.9. The molecular weight excluding hydrogens is 230 g/mol. The van der Waals surface area contributed by atoms with Crippen LogP contribution in [0.3, 0.4) is 0 Å². The predicted molar refractivity (Wildman–Crippen MR) is 75.4 cm³/mol. The molecule has 2 atom stereocenters. The first kappa shape index (κ1) is 14.7. The Morgan fingerprint density at radius 1 is 1.47 bits per heavy atom. The lowest BCUT2D eigenvalue weighted by Gasteiger charge is -2.30. The Balaban J connectivity index is 2.57. The third kappa shape index (κ3) is 4.41. The molecule has 0 bridgehead atoms. The van der Waals surface area contributed by atoms with Crippen LogP contribution in [0, 0.1) is 5.92 Å². The molecule has 2 unspecified atom stereocenters. The molecule has 1 aromatic heterocycles. The van der Waals surface area contributed by atoms with Crippen molar-refractivity contribution in [1.82, 2.24) is 5.32 Å². The standard InChI is InChI=1S/C14H25NOS/c1-5-7-12(13-8-6-9-17-13)15-10-14(4,16)11(2)3/h6,8-9,11-12,15-16H,5,7,10H2,1-4H3. The average molecular weight is 255 g/mol. The second-order valence-electron chi connectivity index (χ2n) is 5.25. The van der Waals surface area contributed by atoms with Crippen LogP contribution in [0.5, 0.6) is 0 Å². The fraction of sp³-hybridized carbons (Fsp3) is 0.714. The van der Waals surface area contributed by atoms with E-state index in [2.05, 4.69) is 43.6 Å². The van der Waals surface area contributed by atoms with Crippen molar-refractivity contribution in [3.63, 3.8) is 0 Å². The molecule has 0 aliphatic rings. The molecule has 1 heterocycles. The first-order valence-corrected chi connectivity index (χ1v) is 7.34. The Hall–Kier alpha value is -0.380. The lowest BCUT2D eigenvalue weighted by molar-refractivity contribution is 0.0116. The normalized spacial score (nSPS) is 17.1. The SMILES string of the molecule is CCCC(NCC(C)(O)C(C)C)c1cccs1. The van der Waals surface area contributed by atoms with Gasteiger partial charge in [-0.15, -0.1) is 11.3 Å². The van der Waals surface area contributed by atoms with Crippen LogP contribution in [0.25, 0.3) is 0 Å². The van der Waals surface area contributed by atoms with E-state index in [0.717, 1.165) is 12.8 Å². The highest BCUT2D eigenvalue weighted by Crippen LogP contribution is 2.24. The number of nitrogens with one attached hydrogen (secondary N) is 1. The first-order chi connectivity index (χ1) is 7.97. The Bertz CT molecular complexity index is 306. The summed E-state index contributed by atoms with van der Waals surface area (Å²) in [7, 11) is 0. The number of thiophene rings is 1. The van der Waals surface area contributed by atoms with Crippen molar-refractivity contribution in [3.8, 4) is 0 Å². The van der Waals surface area contributed by atoms with E-state index in [9.17, 15) is 5.11 Å². The summed E-state index contributed by atoms with van der Waals surface area (Å²) in [5.74, 6) is 0.264. The molecule has 0 aliphatic heterocycles. The van der Waals surface area contributed by atoms with Gasteiger partial charge in [0.25, 0.3) is 0 Å². The van der Waals surface area contributed by atoms with Gasteiger partial charge in [-0.3, -0.25) is 0 Å². The lowest BCUT2D eigenvalue weighted by atomic mass is 9.92. The number of hydrogen-bond acceptors (Lipinski definition) is 3. The molecule has 1 rings (SSSR count). The highest BCUT2D eigenvalue weighted by Gasteiger charge is 2.26. The summed E-state index contributed by atoms with van der Waals surface area (Å²) < 4.78 is 0. The predicted octanol–water partition coefficient (Wildman–Crippen LogP) is 3.59. The van der Waals surface area contributed by atoms with Gasteiger partial charge < -0.3 is 10.4 Å². The maximum absolute atomic E-state index is 10.2. The third-order valence-corrected chi connectivity index (χ3v) is 4.40. The van der Waals surface area contributed by atoms with Crippen molar-refractivity contribution >= 4 is 11.3 Å².